The molecule has 2 saturated heterocycles. The number of aromatic nitrogens is 20. The number of benzene rings is 4. The lowest BCUT2D eigenvalue weighted by atomic mass is 10.1. The number of rotatable bonds is 13. The number of nitrogens with zero attached hydrogens (tertiary/aromatic N) is 16. The monoisotopic (exact) mass is 1580 g/mol. The molecule has 0 spiro atoms. The van der Waals surface area contributed by atoms with E-state index in [-0.39, 0.29) is 12.5 Å². The first-order valence-electron chi connectivity index (χ1n) is 33.2. The third-order valence-corrected chi connectivity index (χ3v) is 18.8. The fourth-order valence-electron chi connectivity index (χ4n) is 12.3. The Bertz CT molecular complexity index is 5470. The molecule has 0 aliphatic carbocycles. The first-order valence-corrected chi connectivity index (χ1v) is 35.9. The van der Waals surface area contributed by atoms with Crippen LogP contribution in [0.25, 0.3) is 121 Å². The Morgan fingerprint density at radius 3 is 1.58 bits per heavy atom. The number of hydrogen-bond donors (Lipinski definition) is 8. The summed E-state index contributed by atoms with van der Waals surface area (Å²) in [6, 6.07) is 32.0. The smallest absolute Gasteiger partial charge is 0.151 e. The summed E-state index contributed by atoms with van der Waals surface area (Å²) in [4.78, 5) is 17.9. The molecule has 4 aromatic carbocycles. The van der Waals surface area contributed by atoms with Crippen molar-refractivity contribution in [2.75, 3.05) is 82.6 Å². The molecule has 0 bridgehead atoms. The van der Waals surface area contributed by atoms with Gasteiger partial charge in [-0.15, -0.1) is 0 Å². The fraction of sp³-hybridized carbons (Fsp3) is 0.268. The van der Waals surface area contributed by atoms with Crippen LogP contribution in [0, 0.1) is 0 Å². The first kappa shape index (κ1) is 71.1. The quantitative estimate of drug-likeness (QED) is 0.0497. The molecule has 0 amide bonds. The molecule has 2 aliphatic heterocycles. The van der Waals surface area contributed by atoms with E-state index in [0.717, 1.165) is 181 Å². The van der Waals surface area contributed by atoms with E-state index in [2.05, 4.69) is 146 Å². The predicted octanol–water partition coefficient (Wildman–Crippen LogP) is 13.5. The van der Waals surface area contributed by atoms with Crippen LogP contribution >= 0.6 is 47.8 Å². The largest absolute Gasteiger partial charge is 0.384 e. The van der Waals surface area contributed by atoms with Crippen molar-refractivity contribution in [1.82, 2.24) is 99.8 Å². The highest BCUT2D eigenvalue weighted by Crippen LogP contribution is 2.36. The molecule has 0 saturated carbocycles. The maximum atomic E-state index is 6.12. The predicted molar refractivity (Wildman–Crippen MR) is 412 cm³/mol. The van der Waals surface area contributed by atoms with Crippen molar-refractivity contribution in [3.05, 3.63) is 156 Å². The van der Waals surface area contributed by atoms with Gasteiger partial charge in [0.05, 0.1) is 135 Å². The summed E-state index contributed by atoms with van der Waals surface area (Å²) in [6.07, 6.45) is 21.0. The molecule has 12 N–H and O–H groups in total. The Morgan fingerprint density at radius 2 is 1.01 bits per heavy atom. The van der Waals surface area contributed by atoms with E-state index in [9.17, 15) is 0 Å². The molecule has 29 nitrogen and oxygen atoms in total. The molecule has 14 heterocycles. The number of methoxy groups -OCH3 is 3. The summed E-state index contributed by atoms with van der Waals surface area (Å²) in [7, 11) is 5.03. The fourth-order valence-corrected chi connectivity index (χ4v) is 13.4. The van der Waals surface area contributed by atoms with E-state index in [1.165, 1.54) is 12.8 Å². The lowest BCUT2D eigenvalue weighted by Crippen LogP contribution is -2.19. The topological polar surface area (TPSA) is 388 Å². The molecule has 18 rings (SSSR count). The van der Waals surface area contributed by atoms with Gasteiger partial charge in [0.25, 0.3) is 0 Å². The summed E-state index contributed by atoms with van der Waals surface area (Å²) >= 11 is 10.0. The molecule has 530 valence electrons. The van der Waals surface area contributed by atoms with E-state index in [0.29, 0.717) is 49.6 Å². The lowest BCUT2D eigenvalue weighted by Gasteiger charge is -2.24. The number of pyridine rings is 4. The van der Waals surface area contributed by atoms with Crippen molar-refractivity contribution in [2.45, 2.75) is 64.1 Å². The number of ether oxygens (including phenoxy) is 5. The van der Waals surface area contributed by atoms with Gasteiger partial charge < -0.3 is 46.6 Å². The second-order valence-corrected chi connectivity index (χ2v) is 26.5. The van der Waals surface area contributed by atoms with Crippen LogP contribution in [0.3, 0.4) is 0 Å². The lowest BCUT2D eigenvalue weighted by molar-refractivity contribution is -0.0408. The van der Waals surface area contributed by atoms with Gasteiger partial charge in [0.1, 0.15) is 33.4 Å². The molecule has 2 aliphatic rings. The Labute approximate surface area is 614 Å². The van der Waals surface area contributed by atoms with Crippen LogP contribution in [0.5, 0.6) is 0 Å². The molecule has 103 heavy (non-hydrogen) atoms. The average Bonchev–Trinajstić information content (AvgIpc) is 1.71. The van der Waals surface area contributed by atoms with Gasteiger partial charge in [0.15, 0.2) is 12.5 Å². The summed E-state index contributed by atoms with van der Waals surface area (Å²) in [5.74, 6) is 1.96. The van der Waals surface area contributed by atoms with Crippen molar-refractivity contribution in [3.63, 3.8) is 0 Å². The van der Waals surface area contributed by atoms with Crippen LogP contribution < -0.4 is 22.9 Å². The molecule has 0 radical (unpaired) electrons. The van der Waals surface area contributed by atoms with Crippen LogP contribution in [-0.4, -0.2) is 160 Å². The number of anilines is 4. The maximum Gasteiger partial charge on any atom is 0.151 e. The highest BCUT2D eigenvalue weighted by atomic mass is 79.9. The van der Waals surface area contributed by atoms with Gasteiger partial charge in [-0.1, -0.05) is 50.1 Å². The SMILES string of the molecule is Brc1ccnn1C1CCCCO1.COCCBr.COCCn1cc2c(N)nc3cc(-c4ccn[nH]4)ccc3c2n1.COCCn1ncc2c(N)nc3cc(-c4ccn[nH]4)ccc3c21.Nc1nc2cc(-c3ccnn3C3CCCCO3)ccc2c2[nH]ncc12.Nc1nc2cc(Br)ccc2c2[nH]ncc12. The van der Waals surface area contributed by atoms with Crippen molar-refractivity contribution < 1.29 is 23.7 Å². The number of H-pyrrole nitrogens is 4. The zero-order valence-electron chi connectivity index (χ0n) is 56.6. The summed E-state index contributed by atoms with van der Waals surface area (Å²) in [5.41, 5.74) is 37.2. The second kappa shape index (κ2) is 33.2. The number of nitrogen functional groups attached to an aromatic ring is 4. The molecule has 2 fully saturated rings. The average molecular weight is 1580 g/mol. The molecule has 2 unspecified atom stereocenters. The molecule has 32 heteroatoms. The van der Waals surface area contributed by atoms with Crippen LogP contribution in [0.4, 0.5) is 23.3 Å². The molecular formula is C71H75Br3N24O5. The van der Waals surface area contributed by atoms with Crippen molar-refractivity contribution in [1.29, 1.82) is 0 Å². The highest BCUT2D eigenvalue weighted by molar-refractivity contribution is 9.10. The zero-order valence-corrected chi connectivity index (χ0v) is 61.3. The number of nitrogens with two attached hydrogens (primary N) is 4. The normalized spacial score (nSPS) is 14.4. The summed E-state index contributed by atoms with van der Waals surface area (Å²) in [5, 5.41) is 54.0. The Kier molecular flexibility index (Phi) is 22.9. The minimum atomic E-state index is 0.00237. The maximum absolute atomic E-state index is 6.12. The van der Waals surface area contributed by atoms with Gasteiger partial charge in [-0.3, -0.25) is 29.8 Å². The first-order chi connectivity index (χ1) is 50.4. The molecule has 16 aromatic rings. The third kappa shape index (κ3) is 16.0. The van der Waals surface area contributed by atoms with Crippen LogP contribution in [0.15, 0.2) is 156 Å². The number of hydrogen-bond acceptors (Lipinski definition) is 21. The minimum Gasteiger partial charge on any atom is -0.384 e. The Hall–Kier alpha value is -10.3. The Morgan fingerprint density at radius 1 is 0.485 bits per heavy atom. The zero-order chi connectivity index (χ0) is 71.3. The van der Waals surface area contributed by atoms with Gasteiger partial charge in [0, 0.05) is 107 Å². The minimum absolute atomic E-state index is 0.00237. The Balaban J connectivity index is 0.000000115. The van der Waals surface area contributed by atoms with Gasteiger partial charge in [-0.05, 0) is 133 Å². The van der Waals surface area contributed by atoms with E-state index >= 15 is 0 Å². The number of alkyl halides is 1. The molecular weight excluding hydrogens is 1510 g/mol. The van der Waals surface area contributed by atoms with Gasteiger partial charge in [-0.25, -0.2) is 29.3 Å². The van der Waals surface area contributed by atoms with Crippen molar-refractivity contribution in [2.24, 2.45) is 0 Å². The molecule has 2 atom stereocenters. The van der Waals surface area contributed by atoms with E-state index in [1.807, 2.05) is 116 Å². The molecule has 12 aromatic heterocycles. The van der Waals surface area contributed by atoms with Crippen molar-refractivity contribution >= 4 is 158 Å². The number of nitrogens with one attached hydrogen (secondary N) is 4. The van der Waals surface area contributed by atoms with Gasteiger partial charge in [0.2, 0.25) is 0 Å². The van der Waals surface area contributed by atoms with Crippen LogP contribution in [-0.2, 0) is 36.8 Å². The number of aromatic amines is 4. The van der Waals surface area contributed by atoms with Crippen LogP contribution in [0.2, 0.25) is 0 Å². The number of fused-ring (bicyclic) bond motifs is 12. The van der Waals surface area contributed by atoms with Gasteiger partial charge in [-0.2, -0.15) is 40.8 Å². The van der Waals surface area contributed by atoms with Crippen molar-refractivity contribution in [3.8, 4) is 33.8 Å². The summed E-state index contributed by atoms with van der Waals surface area (Å²) < 4.78 is 36.0. The standard InChI is InChI=1S/C18H18N6O.2C16H16N6O.C10H7BrN4.C8H11BrN2O.C3H7BrO/c19-18-13-10-20-23-17(13)12-5-4-11(9-14(12)22-18)15-6-7-21-24(15)16-3-1-2-8-25-16;1-23-7-6-22-9-12-15(21-22)11-3-2-10(13-4-5-18-20-13)8-14(11)19-16(12)17;1-23-7-6-22-15-11-3-2-10(13-4-5-18-21-13)8-14(11)20-16(17)12(15)9-19-22;11-5-1-2-6-8(3-5)14-10(12)7-4-13-15-9(6)7;9-7-4-5-10-11(7)8-3-1-2-6-12-8;1-5-3-2-4/h4-7,9-10,16H,1-3,8H2,(H2,19,22)(H,20,23);2-5,8-9H,6-7H2,1H3,(H2,17,19)(H,18,20);2-5,8-9H,6-7H2,1H3,(H2,17,20)(H,18,21);1-4H,(H2,12,14)(H,13,15);4-5,8H,1-3,6H2;2-3H2,1H3. The highest BCUT2D eigenvalue weighted by Gasteiger charge is 2.22. The third-order valence-electron chi connectivity index (χ3n) is 17.3. The number of halogens is 3. The summed E-state index contributed by atoms with van der Waals surface area (Å²) in [6.45, 7) is 4.99. The van der Waals surface area contributed by atoms with Gasteiger partial charge >= 0.3 is 0 Å². The van der Waals surface area contributed by atoms with Crippen LogP contribution in [0.1, 0.15) is 51.0 Å². The van der Waals surface area contributed by atoms with E-state index in [4.69, 9.17) is 41.9 Å². The van der Waals surface area contributed by atoms with E-state index in [1.54, 1.807) is 58.5 Å². The van der Waals surface area contributed by atoms with E-state index < -0.39 is 0 Å². The second-order valence-electron chi connectivity index (χ2n) is 24.0.